The Morgan fingerprint density at radius 3 is 1.69 bits per heavy atom. The van der Waals surface area contributed by atoms with Gasteiger partial charge in [-0.1, -0.05) is 78.4 Å². The Labute approximate surface area is 240 Å². The average molecular weight is 601 g/mol. The second-order valence-electron chi connectivity index (χ2n) is 9.09. The van der Waals surface area contributed by atoms with Crippen LogP contribution in [0.2, 0.25) is 0 Å². The fraction of sp³-hybridized carbons (Fsp3) is 0.133. The lowest BCUT2D eigenvalue weighted by Crippen LogP contribution is -2.24. The smallest absolute Gasteiger partial charge is 0.478 e. The van der Waals surface area contributed by atoms with Crippen molar-refractivity contribution in [1.82, 2.24) is 0 Å². The number of aromatic carboxylic acids is 1. The van der Waals surface area contributed by atoms with E-state index in [0.717, 1.165) is 16.7 Å². The summed E-state index contributed by atoms with van der Waals surface area (Å²) in [5.41, 5.74) is 3.71. The molecule has 3 N–H and O–H groups in total. The number of aliphatic carboxylic acids is 1. The van der Waals surface area contributed by atoms with Crippen LogP contribution in [-0.2, 0) is 27.9 Å². The van der Waals surface area contributed by atoms with Crippen LogP contribution < -0.4 is 9.62 Å². The predicted molar refractivity (Wildman–Crippen MR) is 152 cm³/mol. The van der Waals surface area contributed by atoms with E-state index >= 15 is 0 Å². The Morgan fingerprint density at radius 1 is 0.786 bits per heavy atom. The summed E-state index contributed by atoms with van der Waals surface area (Å²) >= 11 is 0. The second kappa shape index (κ2) is 13.7. The number of hydrogen-bond acceptors (Lipinski definition) is 5. The zero-order valence-corrected chi connectivity index (χ0v) is 23.1. The highest BCUT2D eigenvalue weighted by Gasteiger charge is 2.38. The van der Waals surface area contributed by atoms with Gasteiger partial charge in [0.1, 0.15) is 0 Å². The van der Waals surface area contributed by atoms with Crippen molar-refractivity contribution in [2.45, 2.75) is 31.1 Å². The quantitative estimate of drug-likeness (QED) is 0.205. The number of anilines is 2. The van der Waals surface area contributed by atoms with E-state index < -0.39 is 28.1 Å². The van der Waals surface area contributed by atoms with E-state index in [9.17, 15) is 31.5 Å². The highest BCUT2D eigenvalue weighted by Crippen LogP contribution is 2.29. The molecule has 4 aromatic rings. The molecule has 0 aliphatic rings. The molecule has 0 unspecified atom stereocenters. The van der Waals surface area contributed by atoms with Crippen LogP contribution in [0.5, 0.6) is 0 Å². The van der Waals surface area contributed by atoms with Gasteiger partial charge in [0.2, 0.25) is 0 Å². The Balaban J connectivity index is 0.000000616. The molecular formula is C30H27F3N2O6S. The Morgan fingerprint density at radius 2 is 1.26 bits per heavy atom. The normalized spacial score (nSPS) is 11.1. The fourth-order valence-corrected chi connectivity index (χ4v) is 4.86. The van der Waals surface area contributed by atoms with E-state index in [-0.39, 0.29) is 16.1 Å². The maximum Gasteiger partial charge on any atom is 0.490 e. The van der Waals surface area contributed by atoms with Crippen LogP contribution in [0.25, 0.3) is 0 Å². The molecule has 0 heterocycles. The summed E-state index contributed by atoms with van der Waals surface area (Å²) < 4.78 is 59.9. The minimum absolute atomic E-state index is 0.0148. The maximum absolute atomic E-state index is 12.8. The maximum atomic E-state index is 12.8. The Hall–Kier alpha value is -4.84. The molecular weight excluding hydrogens is 573 g/mol. The monoisotopic (exact) mass is 600 g/mol. The molecule has 0 aliphatic heterocycles. The van der Waals surface area contributed by atoms with Gasteiger partial charge in [-0.05, 0) is 48.4 Å². The van der Waals surface area contributed by atoms with Gasteiger partial charge >= 0.3 is 18.1 Å². The number of nitrogens with zero attached hydrogens (tertiary/aromatic N) is 1. The SMILES string of the molecule is Cc1ccc(S(=O)(=O)Nc2ccc(N(Cc3ccccc3)Cc3ccccc3)c(C(=O)O)c2)cc1.O=C(O)C(F)(F)F. The number of benzene rings is 4. The number of nitrogens with one attached hydrogen (secondary N) is 1. The zero-order valence-electron chi connectivity index (χ0n) is 22.2. The van der Waals surface area contributed by atoms with Crippen LogP contribution in [0.4, 0.5) is 24.5 Å². The molecule has 4 aromatic carbocycles. The minimum Gasteiger partial charge on any atom is -0.478 e. The molecule has 0 spiro atoms. The predicted octanol–water partition coefficient (Wildman–Crippen LogP) is 6.33. The zero-order chi connectivity index (χ0) is 30.9. The highest BCUT2D eigenvalue weighted by molar-refractivity contribution is 7.92. The summed E-state index contributed by atoms with van der Waals surface area (Å²) in [6, 6.07) is 30.7. The summed E-state index contributed by atoms with van der Waals surface area (Å²) in [6.45, 7) is 2.85. The summed E-state index contributed by atoms with van der Waals surface area (Å²) in [4.78, 5) is 23.2. The summed E-state index contributed by atoms with van der Waals surface area (Å²) in [5, 5.41) is 17.1. The standard InChI is InChI=1S/C28H26N2O4S.C2HF3O2/c1-21-12-15-25(16-13-21)35(33,34)29-24-14-17-27(26(18-24)28(31)32)30(19-22-8-4-2-5-9-22)20-23-10-6-3-7-11-23;3-2(4,5)1(6)7/h2-18,29H,19-20H2,1H3,(H,31,32);(H,6,7). The van der Waals surface area contributed by atoms with Crippen LogP contribution in [0.15, 0.2) is 108 Å². The van der Waals surface area contributed by atoms with Gasteiger partial charge in [0.15, 0.2) is 0 Å². The van der Waals surface area contributed by atoms with Crippen molar-refractivity contribution in [2.75, 3.05) is 9.62 Å². The van der Waals surface area contributed by atoms with Crippen LogP contribution in [0.3, 0.4) is 0 Å². The first-order valence-corrected chi connectivity index (χ1v) is 13.8. The highest BCUT2D eigenvalue weighted by atomic mass is 32.2. The van der Waals surface area contributed by atoms with Crippen molar-refractivity contribution in [3.05, 3.63) is 125 Å². The summed E-state index contributed by atoms with van der Waals surface area (Å²) in [5.74, 6) is -3.89. The van der Waals surface area contributed by atoms with Crippen molar-refractivity contribution >= 4 is 33.3 Å². The number of halogens is 3. The molecule has 4 rings (SSSR count). The fourth-order valence-electron chi connectivity index (χ4n) is 3.81. The lowest BCUT2D eigenvalue weighted by atomic mass is 10.1. The molecule has 8 nitrogen and oxygen atoms in total. The summed E-state index contributed by atoms with van der Waals surface area (Å²) in [6.07, 6.45) is -5.08. The van der Waals surface area contributed by atoms with Crippen LogP contribution in [-0.4, -0.2) is 36.7 Å². The second-order valence-corrected chi connectivity index (χ2v) is 10.8. The van der Waals surface area contributed by atoms with E-state index in [1.54, 1.807) is 24.3 Å². The molecule has 0 bridgehead atoms. The third-order valence-electron chi connectivity index (χ3n) is 5.83. The van der Waals surface area contributed by atoms with E-state index in [0.29, 0.717) is 18.8 Å². The van der Waals surface area contributed by atoms with Crippen LogP contribution in [0, 0.1) is 6.92 Å². The van der Waals surface area contributed by atoms with Gasteiger partial charge in [-0.2, -0.15) is 13.2 Å². The van der Waals surface area contributed by atoms with Gasteiger partial charge in [0.05, 0.1) is 16.1 Å². The van der Waals surface area contributed by atoms with E-state index in [1.165, 1.54) is 18.2 Å². The van der Waals surface area contributed by atoms with Gasteiger partial charge in [0.25, 0.3) is 10.0 Å². The lowest BCUT2D eigenvalue weighted by molar-refractivity contribution is -0.192. The third-order valence-corrected chi connectivity index (χ3v) is 7.22. The van der Waals surface area contributed by atoms with Gasteiger partial charge in [-0.25, -0.2) is 18.0 Å². The van der Waals surface area contributed by atoms with Crippen LogP contribution >= 0.6 is 0 Å². The van der Waals surface area contributed by atoms with Gasteiger partial charge < -0.3 is 15.1 Å². The number of carboxylic acid groups (broad SMARTS) is 2. The first-order valence-electron chi connectivity index (χ1n) is 12.4. The van der Waals surface area contributed by atoms with Gasteiger partial charge in [0, 0.05) is 18.8 Å². The Bertz CT molecular complexity index is 1570. The van der Waals surface area contributed by atoms with E-state index in [2.05, 4.69) is 4.72 Å². The number of carbonyl (C=O) groups is 2. The molecule has 0 fully saturated rings. The van der Waals surface area contributed by atoms with Gasteiger partial charge in [-0.15, -0.1) is 0 Å². The van der Waals surface area contributed by atoms with Crippen molar-refractivity contribution < 1.29 is 41.4 Å². The average Bonchev–Trinajstić information content (AvgIpc) is 2.93. The molecule has 0 amide bonds. The molecule has 0 atom stereocenters. The van der Waals surface area contributed by atoms with E-state index in [4.69, 9.17) is 9.90 Å². The Kier molecular flexibility index (Phi) is 10.3. The van der Waals surface area contributed by atoms with Gasteiger partial charge in [-0.3, -0.25) is 4.72 Å². The molecule has 12 heteroatoms. The minimum atomic E-state index is -5.08. The van der Waals surface area contributed by atoms with Crippen molar-refractivity contribution in [1.29, 1.82) is 0 Å². The van der Waals surface area contributed by atoms with Crippen LogP contribution in [0.1, 0.15) is 27.0 Å². The number of rotatable bonds is 9. The summed E-state index contributed by atoms with van der Waals surface area (Å²) in [7, 11) is -3.86. The molecule has 0 aromatic heterocycles. The molecule has 0 aliphatic carbocycles. The molecule has 42 heavy (non-hydrogen) atoms. The lowest BCUT2D eigenvalue weighted by Gasteiger charge is -2.27. The molecule has 0 radical (unpaired) electrons. The number of hydrogen-bond donors (Lipinski definition) is 3. The topological polar surface area (TPSA) is 124 Å². The number of carboxylic acids is 2. The molecule has 0 saturated carbocycles. The molecule has 0 saturated heterocycles. The largest absolute Gasteiger partial charge is 0.490 e. The number of sulfonamides is 1. The van der Waals surface area contributed by atoms with Crippen molar-refractivity contribution in [2.24, 2.45) is 0 Å². The number of aryl methyl sites for hydroxylation is 1. The first-order chi connectivity index (χ1) is 19.8. The van der Waals surface area contributed by atoms with E-state index in [1.807, 2.05) is 72.5 Å². The van der Waals surface area contributed by atoms with Crippen molar-refractivity contribution in [3.8, 4) is 0 Å². The third kappa shape index (κ3) is 9.10. The first kappa shape index (κ1) is 31.7. The molecule has 220 valence electrons. The number of alkyl halides is 3. The van der Waals surface area contributed by atoms with Crippen molar-refractivity contribution in [3.63, 3.8) is 0 Å².